The minimum Gasteiger partial charge on any atom is -0.300 e. The van der Waals surface area contributed by atoms with E-state index in [1.54, 1.807) is 6.08 Å². The van der Waals surface area contributed by atoms with Crippen molar-refractivity contribution in [2.45, 2.75) is 0 Å². The number of rotatable bonds is 2. The lowest BCUT2D eigenvalue weighted by molar-refractivity contribution is 0.168. The first kappa shape index (κ1) is 5.95. The summed E-state index contributed by atoms with van der Waals surface area (Å²) in [5.74, 6) is 4.60. The maximum Gasteiger partial charge on any atom is 0.0872 e. The van der Waals surface area contributed by atoms with E-state index >= 15 is 0 Å². The van der Waals surface area contributed by atoms with Gasteiger partial charge in [-0.2, -0.15) is 0 Å². The summed E-state index contributed by atoms with van der Waals surface area (Å²) in [7, 11) is 0. The predicted molar refractivity (Wildman–Crippen MR) is 25.1 cm³/mol. The summed E-state index contributed by atoms with van der Waals surface area (Å²) in [5.41, 5.74) is 1.35. The molecule has 0 saturated heterocycles. The molecule has 0 aliphatic rings. The predicted octanol–water partition coefficient (Wildman–Crippen LogP) is 0.629. The van der Waals surface area contributed by atoms with E-state index in [0.717, 1.165) is 0 Å². The highest BCUT2D eigenvalue weighted by atomic mass is 35.5. The highest BCUT2D eigenvalue weighted by Crippen LogP contribution is 1.74. The summed E-state index contributed by atoms with van der Waals surface area (Å²) in [5, 5.41) is 0. The Morgan fingerprint density at radius 2 is 2.50 bits per heavy atom. The summed E-state index contributed by atoms with van der Waals surface area (Å²) in [6.45, 7) is 0.378. The third-order valence-electron chi connectivity index (χ3n) is 0.282. The number of halogens is 1. The lowest BCUT2D eigenvalue weighted by Crippen LogP contribution is -1.96. The van der Waals surface area contributed by atoms with Gasteiger partial charge in [-0.05, 0) is 6.08 Å². The van der Waals surface area contributed by atoms with E-state index in [1.165, 1.54) is 5.54 Å². The van der Waals surface area contributed by atoms with E-state index in [-0.39, 0.29) is 0 Å². The zero-order valence-electron chi connectivity index (χ0n) is 3.23. The lowest BCUT2D eigenvalue weighted by atomic mass is 10.7. The molecule has 0 aromatic rings. The molecule has 2 nitrogen and oxygen atoms in total. The van der Waals surface area contributed by atoms with Gasteiger partial charge in [-0.3, -0.25) is 0 Å². The van der Waals surface area contributed by atoms with Crippen molar-refractivity contribution in [3.8, 4) is 0 Å². The molecule has 0 spiro atoms. The van der Waals surface area contributed by atoms with E-state index in [1.807, 2.05) is 0 Å². The van der Waals surface area contributed by atoms with Gasteiger partial charge >= 0.3 is 0 Å². The van der Waals surface area contributed by atoms with Crippen LogP contribution in [0.1, 0.15) is 0 Å². The van der Waals surface area contributed by atoms with Crippen LogP contribution in [0.5, 0.6) is 0 Å². The molecule has 0 heterocycles. The average Bonchev–Trinajstić information content (AvgIpc) is 1.61. The second kappa shape index (κ2) is 4.95. The maximum absolute atomic E-state index is 5.06. The standard InChI is InChI=1S/C3H6ClNO/c4-2-1-3-6-5/h1-2H,3,5H2. The van der Waals surface area contributed by atoms with Gasteiger partial charge in [0.15, 0.2) is 0 Å². The van der Waals surface area contributed by atoms with Crippen LogP contribution in [0.4, 0.5) is 0 Å². The second-order valence-corrected chi connectivity index (χ2v) is 0.947. The lowest BCUT2D eigenvalue weighted by Gasteiger charge is -1.80. The third-order valence-corrected chi connectivity index (χ3v) is 0.460. The van der Waals surface area contributed by atoms with Crippen molar-refractivity contribution >= 4 is 11.6 Å². The van der Waals surface area contributed by atoms with Crippen LogP contribution in [0, 0.1) is 0 Å². The molecule has 3 heteroatoms. The minimum atomic E-state index is 0.378. The van der Waals surface area contributed by atoms with Crippen LogP contribution in [0.3, 0.4) is 0 Å². The SMILES string of the molecule is NOCC=CCl. The Morgan fingerprint density at radius 3 is 2.67 bits per heavy atom. The fraction of sp³-hybridized carbons (Fsp3) is 0.333. The zero-order chi connectivity index (χ0) is 4.83. The molecule has 6 heavy (non-hydrogen) atoms. The Hall–Kier alpha value is -0.0500. The van der Waals surface area contributed by atoms with E-state index in [0.29, 0.717) is 6.61 Å². The molecule has 0 aliphatic heterocycles. The van der Waals surface area contributed by atoms with Gasteiger partial charge in [-0.1, -0.05) is 11.6 Å². The Labute approximate surface area is 41.5 Å². The summed E-state index contributed by atoms with van der Waals surface area (Å²) >= 11 is 5.06. The summed E-state index contributed by atoms with van der Waals surface area (Å²) < 4.78 is 0. The van der Waals surface area contributed by atoms with Gasteiger partial charge in [-0.25, -0.2) is 5.90 Å². The van der Waals surface area contributed by atoms with Gasteiger partial charge in [0.1, 0.15) is 0 Å². The summed E-state index contributed by atoms with van der Waals surface area (Å²) in [6.07, 6.45) is 1.60. The van der Waals surface area contributed by atoms with Crippen molar-refractivity contribution in [1.82, 2.24) is 0 Å². The van der Waals surface area contributed by atoms with Gasteiger partial charge in [0.05, 0.1) is 6.61 Å². The first-order valence-corrected chi connectivity index (χ1v) is 1.92. The topological polar surface area (TPSA) is 35.2 Å². The summed E-state index contributed by atoms with van der Waals surface area (Å²) in [6, 6.07) is 0. The van der Waals surface area contributed by atoms with Gasteiger partial charge in [-0.15, -0.1) is 0 Å². The van der Waals surface area contributed by atoms with Crippen molar-refractivity contribution < 1.29 is 4.84 Å². The van der Waals surface area contributed by atoms with Crippen molar-refractivity contribution in [3.63, 3.8) is 0 Å². The highest BCUT2D eigenvalue weighted by Gasteiger charge is 1.64. The molecule has 0 bridgehead atoms. The van der Waals surface area contributed by atoms with Crippen LogP contribution < -0.4 is 5.90 Å². The fourth-order valence-corrected chi connectivity index (χ4v) is 0.165. The zero-order valence-corrected chi connectivity index (χ0v) is 3.98. The van der Waals surface area contributed by atoms with E-state index in [4.69, 9.17) is 11.6 Å². The Balaban J connectivity index is 2.66. The van der Waals surface area contributed by atoms with Gasteiger partial charge < -0.3 is 4.84 Å². The third kappa shape index (κ3) is 3.95. The fourth-order valence-electron chi connectivity index (χ4n) is 0.0919. The number of hydrogen-bond acceptors (Lipinski definition) is 2. The minimum absolute atomic E-state index is 0.378. The molecular formula is C3H6ClNO. The van der Waals surface area contributed by atoms with E-state index < -0.39 is 0 Å². The van der Waals surface area contributed by atoms with Gasteiger partial charge in [0.2, 0.25) is 0 Å². The molecule has 2 N–H and O–H groups in total. The Bertz CT molecular complexity index is 46.1. The van der Waals surface area contributed by atoms with Crippen LogP contribution in [0.15, 0.2) is 11.6 Å². The van der Waals surface area contributed by atoms with Crippen molar-refractivity contribution in [2.24, 2.45) is 5.90 Å². The molecule has 0 fully saturated rings. The maximum atomic E-state index is 5.06. The van der Waals surface area contributed by atoms with E-state index in [9.17, 15) is 0 Å². The molecule has 0 aliphatic carbocycles. The number of hydrogen-bond donors (Lipinski definition) is 1. The Kier molecular flexibility index (Phi) is 4.91. The van der Waals surface area contributed by atoms with Crippen LogP contribution in [0.2, 0.25) is 0 Å². The second-order valence-electron chi connectivity index (χ2n) is 0.695. The first-order chi connectivity index (χ1) is 2.91. The normalized spacial score (nSPS) is 10.3. The first-order valence-electron chi connectivity index (χ1n) is 1.48. The van der Waals surface area contributed by atoms with Gasteiger partial charge in [0, 0.05) is 5.54 Å². The molecule has 0 radical (unpaired) electrons. The molecule has 0 aromatic carbocycles. The Morgan fingerprint density at radius 1 is 1.83 bits per heavy atom. The number of nitrogens with two attached hydrogens (primary N) is 1. The van der Waals surface area contributed by atoms with Gasteiger partial charge in [0.25, 0.3) is 0 Å². The largest absolute Gasteiger partial charge is 0.300 e. The average molecular weight is 108 g/mol. The van der Waals surface area contributed by atoms with Crippen molar-refractivity contribution in [2.75, 3.05) is 6.61 Å². The molecule has 0 saturated carbocycles. The highest BCUT2D eigenvalue weighted by molar-refractivity contribution is 6.25. The smallest absolute Gasteiger partial charge is 0.0872 e. The monoisotopic (exact) mass is 107 g/mol. The van der Waals surface area contributed by atoms with Crippen LogP contribution in [0.25, 0.3) is 0 Å². The molecule has 0 rings (SSSR count). The molecule has 0 amide bonds. The molecule has 0 unspecified atom stereocenters. The quantitative estimate of drug-likeness (QED) is 0.526. The van der Waals surface area contributed by atoms with Crippen LogP contribution in [-0.2, 0) is 4.84 Å². The summed E-state index contributed by atoms with van der Waals surface area (Å²) in [4.78, 5) is 4.11. The molecule has 0 atom stereocenters. The van der Waals surface area contributed by atoms with Crippen LogP contribution >= 0.6 is 11.6 Å². The van der Waals surface area contributed by atoms with Crippen molar-refractivity contribution in [1.29, 1.82) is 0 Å². The van der Waals surface area contributed by atoms with E-state index in [2.05, 4.69) is 10.7 Å². The van der Waals surface area contributed by atoms with Crippen LogP contribution in [-0.4, -0.2) is 6.61 Å². The molecular weight excluding hydrogens is 101 g/mol. The molecule has 0 aromatic heterocycles. The van der Waals surface area contributed by atoms with Crippen molar-refractivity contribution in [3.05, 3.63) is 11.6 Å². The molecule has 36 valence electrons.